The number of nitrogens with two attached hydrogens (primary N) is 1. The second-order valence-electron chi connectivity index (χ2n) is 6.92. The Morgan fingerprint density at radius 2 is 1.67 bits per heavy atom. The third kappa shape index (κ3) is 7.44. The van der Waals surface area contributed by atoms with Gasteiger partial charge in [0.2, 0.25) is 0 Å². The van der Waals surface area contributed by atoms with Crippen molar-refractivity contribution >= 4 is 65.3 Å². The lowest BCUT2D eigenvalue weighted by atomic mass is 10.1. The van der Waals surface area contributed by atoms with E-state index in [9.17, 15) is 0 Å². The summed E-state index contributed by atoms with van der Waals surface area (Å²) in [5, 5.41) is 5.29. The van der Waals surface area contributed by atoms with E-state index in [0.29, 0.717) is 5.82 Å². The van der Waals surface area contributed by atoms with Crippen LogP contribution >= 0.6 is 36.4 Å². The molecule has 4 nitrogen and oxygen atoms in total. The van der Waals surface area contributed by atoms with Gasteiger partial charge in [0.15, 0.2) is 5.82 Å². The molecule has 0 aliphatic carbocycles. The van der Waals surface area contributed by atoms with Gasteiger partial charge in [0.05, 0.1) is 5.52 Å². The summed E-state index contributed by atoms with van der Waals surface area (Å²) in [6, 6.07) is 13.9. The first-order valence-corrected chi connectivity index (χ1v) is 10.2. The maximum atomic E-state index is 5.96. The quantitative estimate of drug-likeness (QED) is 0.351. The molecule has 0 saturated carbocycles. The molecule has 0 aliphatic heterocycles. The van der Waals surface area contributed by atoms with Gasteiger partial charge in [-0.1, -0.05) is 54.8 Å². The van der Waals surface area contributed by atoms with Crippen molar-refractivity contribution in [2.45, 2.75) is 32.6 Å². The van der Waals surface area contributed by atoms with Gasteiger partial charge in [-0.15, -0.1) is 24.8 Å². The number of nitrogens with zero attached hydrogens (tertiary/aromatic N) is 2. The first kappa shape index (κ1) is 26.2. The number of hydrogen-bond acceptors (Lipinski definition) is 4. The van der Waals surface area contributed by atoms with Crippen LogP contribution in [-0.2, 0) is 0 Å². The van der Waals surface area contributed by atoms with Gasteiger partial charge in [0.25, 0.3) is 0 Å². The van der Waals surface area contributed by atoms with Crippen LogP contribution in [0.15, 0.2) is 42.5 Å². The normalized spacial score (nSPS) is 10.6. The molecule has 0 bridgehead atoms. The van der Waals surface area contributed by atoms with E-state index in [-0.39, 0.29) is 24.8 Å². The highest BCUT2D eigenvalue weighted by Gasteiger charge is 2.08. The molecule has 0 saturated heterocycles. The molecule has 7 heteroatoms. The third-order valence-corrected chi connectivity index (χ3v) is 4.92. The zero-order valence-electron chi connectivity index (χ0n) is 17.1. The van der Waals surface area contributed by atoms with Crippen LogP contribution in [0.25, 0.3) is 23.1 Å². The highest BCUT2D eigenvalue weighted by molar-refractivity contribution is 6.30. The van der Waals surface area contributed by atoms with Crippen molar-refractivity contribution in [3.63, 3.8) is 0 Å². The summed E-state index contributed by atoms with van der Waals surface area (Å²) in [5.74, 6) is 1.59. The van der Waals surface area contributed by atoms with E-state index in [4.69, 9.17) is 27.3 Å². The van der Waals surface area contributed by atoms with Gasteiger partial charge in [0.1, 0.15) is 5.82 Å². The van der Waals surface area contributed by atoms with Crippen LogP contribution in [0.4, 0.5) is 5.82 Å². The Balaban J connectivity index is 0.00000225. The summed E-state index contributed by atoms with van der Waals surface area (Å²) in [5.41, 5.74) is 8.75. The number of unbranched alkanes of at least 4 members (excludes halogenated alkanes) is 3. The molecule has 1 aromatic heterocycles. The topological polar surface area (TPSA) is 63.8 Å². The summed E-state index contributed by atoms with van der Waals surface area (Å²) in [6.07, 6.45) is 8.50. The van der Waals surface area contributed by atoms with Crippen molar-refractivity contribution in [2.24, 2.45) is 5.73 Å². The van der Waals surface area contributed by atoms with Gasteiger partial charge in [-0.3, -0.25) is 0 Å². The Hall–Kier alpha value is -1.85. The SMILES string of the molecule is Cc1cccc2c(NCCCCCCN)nc(/C=C/c3ccc(Cl)cc3)nc12.Cl.Cl. The second kappa shape index (κ2) is 13.5. The van der Waals surface area contributed by atoms with Gasteiger partial charge in [0, 0.05) is 17.0 Å². The monoisotopic (exact) mass is 466 g/mol. The summed E-state index contributed by atoms with van der Waals surface area (Å²) in [6.45, 7) is 3.75. The molecule has 3 rings (SSSR count). The number of para-hydroxylation sites is 1. The van der Waals surface area contributed by atoms with E-state index in [1.165, 1.54) is 12.8 Å². The maximum Gasteiger partial charge on any atom is 0.154 e. The van der Waals surface area contributed by atoms with Crippen LogP contribution < -0.4 is 11.1 Å². The number of aromatic nitrogens is 2. The Labute approximate surface area is 196 Å². The standard InChI is InChI=1S/C23H27ClN4.2ClH/c1-17-7-6-8-20-22(17)27-21(14-11-18-9-12-19(24)13-10-18)28-23(20)26-16-5-3-2-4-15-25;;/h6-14H,2-5,15-16,25H2,1H3,(H,26,27,28);2*1H/b14-11+;;. The highest BCUT2D eigenvalue weighted by Crippen LogP contribution is 2.24. The van der Waals surface area contributed by atoms with Gasteiger partial charge in [-0.25, -0.2) is 9.97 Å². The van der Waals surface area contributed by atoms with Gasteiger partial charge in [-0.2, -0.15) is 0 Å². The molecule has 0 spiro atoms. The number of rotatable bonds is 9. The largest absolute Gasteiger partial charge is 0.369 e. The molecule has 0 fully saturated rings. The Morgan fingerprint density at radius 3 is 2.40 bits per heavy atom. The van der Waals surface area contributed by atoms with Crippen LogP contribution in [-0.4, -0.2) is 23.1 Å². The van der Waals surface area contributed by atoms with Gasteiger partial charge < -0.3 is 11.1 Å². The van der Waals surface area contributed by atoms with E-state index in [1.807, 2.05) is 36.4 Å². The molecule has 30 heavy (non-hydrogen) atoms. The van der Waals surface area contributed by atoms with Crippen LogP contribution in [0.2, 0.25) is 5.02 Å². The van der Waals surface area contributed by atoms with E-state index >= 15 is 0 Å². The fourth-order valence-corrected chi connectivity index (χ4v) is 3.22. The molecule has 162 valence electrons. The van der Waals surface area contributed by atoms with Crippen LogP contribution in [0.5, 0.6) is 0 Å². The number of benzene rings is 2. The first-order chi connectivity index (χ1) is 13.7. The van der Waals surface area contributed by atoms with Crippen molar-refractivity contribution in [3.05, 3.63) is 64.4 Å². The van der Waals surface area contributed by atoms with Crippen molar-refractivity contribution in [1.29, 1.82) is 0 Å². The number of hydrogen-bond donors (Lipinski definition) is 2. The van der Waals surface area contributed by atoms with E-state index < -0.39 is 0 Å². The van der Waals surface area contributed by atoms with Crippen molar-refractivity contribution in [1.82, 2.24) is 9.97 Å². The molecular formula is C23H29Cl3N4. The molecule has 0 radical (unpaired) electrons. The summed E-state index contributed by atoms with van der Waals surface area (Å²) in [7, 11) is 0. The zero-order chi connectivity index (χ0) is 19.8. The van der Waals surface area contributed by atoms with Crippen molar-refractivity contribution in [2.75, 3.05) is 18.4 Å². The number of nitrogens with one attached hydrogen (secondary N) is 1. The van der Waals surface area contributed by atoms with Crippen LogP contribution in [0, 0.1) is 6.92 Å². The maximum absolute atomic E-state index is 5.96. The van der Waals surface area contributed by atoms with Crippen molar-refractivity contribution in [3.8, 4) is 0 Å². The Bertz CT molecular complexity index is 943. The van der Waals surface area contributed by atoms with Crippen LogP contribution in [0.1, 0.15) is 42.6 Å². The first-order valence-electron chi connectivity index (χ1n) is 9.82. The number of halogens is 3. The third-order valence-electron chi connectivity index (χ3n) is 4.66. The Kier molecular flexibility index (Phi) is 11.7. The highest BCUT2D eigenvalue weighted by atomic mass is 35.5. The molecule has 3 aromatic rings. The summed E-state index contributed by atoms with van der Waals surface area (Å²) in [4.78, 5) is 9.51. The van der Waals surface area contributed by atoms with E-state index in [2.05, 4.69) is 30.4 Å². The minimum absolute atomic E-state index is 0. The summed E-state index contributed by atoms with van der Waals surface area (Å²) >= 11 is 5.96. The fraction of sp³-hybridized carbons (Fsp3) is 0.304. The fourth-order valence-electron chi connectivity index (χ4n) is 3.10. The lowest BCUT2D eigenvalue weighted by Crippen LogP contribution is -2.06. The average Bonchev–Trinajstić information content (AvgIpc) is 2.71. The van der Waals surface area contributed by atoms with Gasteiger partial charge >= 0.3 is 0 Å². The molecule has 0 unspecified atom stereocenters. The predicted octanol–water partition coefficient (Wildman–Crippen LogP) is 6.54. The van der Waals surface area contributed by atoms with Gasteiger partial charge in [-0.05, 0) is 61.7 Å². The minimum atomic E-state index is 0. The molecular weight excluding hydrogens is 439 g/mol. The lowest BCUT2D eigenvalue weighted by Gasteiger charge is -2.11. The smallest absolute Gasteiger partial charge is 0.154 e. The van der Waals surface area contributed by atoms with Crippen molar-refractivity contribution < 1.29 is 0 Å². The average molecular weight is 468 g/mol. The summed E-state index contributed by atoms with van der Waals surface area (Å²) < 4.78 is 0. The zero-order valence-corrected chi connectivity index (χ0v) is 19.5. The van der Waals surface area contributed by atoms with Crippen LogP contribution in [0.3, 0.4) is 0 Å². The number of anilines is 1. The lowest BCUT2D eigenvalue weighted by molar-refractivity contribution is 0.661. The number of aryl methyl sites for hydroxylation is 1. The molecule has 3 N–H and O–H groups in total. The second-order valence-corrected chi connectivity index (χ2v) is 7.35. The van der Waals surface area contributed by atoms with E-state index in [1.54, 1.807) is 0 Å². The minimum Gasteiger partial charge on any atom is -0.369 e. The molecule has 0 amide bonds. The predicted molar refractivity (Wildman–Crippen MR) is 135 cm³/mol. The molecule has 0 aliphatic rings. The molecule has 1 heterocycles. The van der Waals surface area contributed by atoms with E-state index in [0.717, 1.165) is 58.8 Å². The Morgan fingerprint density at radius 1 is 0.933 bits per heavy atom. The molecule has 2 aromatic carbocycles. The number of fused-ring (bicyclic) bond motifs is 1. The molecule has 0 atom stereocenters.